The van der Waals surface area contributed by atoms with Crippen molar-refractivity contribution in [2.45, 2.75) is 27.7 Å². The number of ether oxygens (including phenoxy) is 2. The Morgan fingerprint density at radius 1 is 0.885 bits per heavy atom. The fourth-order valence-corrected chi connectivity index (χ4v) is 2.87. The lowest BCUT2D eigenvalue weighted by Crippen LogP contribution is -2.32. The molecule has 1 N–H and O–H groups in total. The Balaban J connectivity index is 2.30. The van der Waals surface area contributed by atoms with E-state index in [1.54, 1.807) is 14.2 Å². The zero-order valence-electron chi connectivity index (χ0n) is 16.6. The van der Waals surface area contributed by atoms with Crippen molar-refractivity contribution in [2.24, 2.45) is 0 Å². The first-order valence-corrected chi connectivity index (χ1v) is 8.75. The molecule has 1 aromatic heterocycles. The number of nitrogens with one attached hydrogen (secondary N) is 1. The number of anilines is 3. The maximum Gasteiger partial charge on any atom is 0.232 e. The van der Waals surface area contributed by atoms with Crippen molar-refractivity contribution in [1.29, 1.82) is 0 Å². The Morgan fingerprint density at radius 3 is 2.00 bits per heavy atom. The van der Waals surface area contributed by atoms with Gasteiger partial charge in [-0.3, -0.25) is 0 Å². The molecule has 0 spiro atoms. The minimum atomic E-state index is 0.544. The van der Waals surface area contributed by atoms with Gasteiger partial charge in [0.2, 0.25) is 11.9 Å². The molecule has 0 bridgehead atoms. The van der Waals surface area contributed by atoms with E-state index in [9.17, 15) is 0 Å². The molecule has 0 amide bonds. The van der Waals surface area contributed by atoms with Gasteiger partial charge in [-0.2, -0.15) is 15.0 Å². The summed E-state index contributed by atoms with van der Waals surface area (Å²) in [6, 6.07) is 4.29. The second kappa shape index (κ2) is 9.45. The number of methoxy groups -OCH3 is 2. The van der Waals surface area contributed by atoms with Crippen molar-refractivity contribution in [3.8, 4) is 0 Å². The van der Waals surface area contributed by atoms with E-state index in [0.29, 0.717) is 44.0 Å². The van der Waals surface area contributed by atoms with Crippen molar-refractivity contribution in [3.05, 3.63) is 34.6 Å². The van der Waals surface area contributed by atoms with E-state index in [4.69, 9.17) is 9.47 Å². The molecular weight excluding hydrogens is 330 g/mol. The Labute approximate surface area is 155 Å². The number of aromatic nitrogens is 3. The first-order valence-electron chi connectivity index (χ1n) is 8.75. The van der Waals surface area contributed by atoms with Crippen molar-refractivity contribution in [3.63, 3.8) is 0 Å². The Morgan fingerprint density at radius 2 is 1.46 bits per heavy atom. The molecule has 2 aromatic rings. The summed E-state index contributed by atoms with van der Waals surface area (Å²) in [6.07, 6.45) is 0. The van der Waals surface area contributed by atoms with Crippen LogP contribution in [0.1, 0.15) is 22.5 Å². The number of hydrogen-bond donors (Lipinski definition) is 1. The molecule has 7 nitrogen and oxygen atoms in total. The topological polar surface area (TPSA) is 72.4 Å². The second-order valence-corrected chi connectivity index (χ2v) is 6.38. The van der Waals surface area contributed by atoms with Gasteiger partial charge in [-0.25, -0.2) is 0 Å². The molecule has 2 rings (SSSR count). The van der Waals surface area contributed by atoms with E-state index in [0.717, 1.165) is 16.8 Å². The minimum Gasteiger partial charge on any atom is -0.383 e. The van der Waals surface area contributed by atoms with Crippen LogP contribution in [0.3, 0.4) is 0 Å². The number of rotatable bonds is 9. The van der Waals surface area contributed by atoms with Gasteiger partial charge in [-0.1, -0.05) is 17.7 Å². The maximum atomic E-state index is 5.20. The first kappa shape index (κ1) is 20.1. The van der Waals surface area contributed by atoms with Gasteiger partial charge in [-0.05, 0) is 38.8 Å². The molecule has 1 heterocycles. The predicted molar refractivity (Wildman–Crippen MR) is 104 cm³/mol. The summed E-state index contributed by atoms with van der Waals surface area (Å²) in [5, 5.41) is 3.36. The van der Waals surface area contributed by atoms with E-state index in [1.165, 1.54) is 5.56 Å². The SMILES string of the molecule is COCCN(CCOC)c1nc(C)nc(Nc2c(C)cc(C)cc2C)n1. The third-order valence-electron chi connectivity index (χ3n) is 4.06. The first-order chi connectivity index (χ1) is 12.4. The van der Waals surface area contributed by atoms with Gasteiger partial charge in [0, 0.05) is 33.0 Å². The number of aryl methyl sites for hydroxylation is 4. The monoisotopic (exact) mass is 359 g/mol. The molecule has 0 atom stereocenters. The van der Waals surface area contributed by atoms with Crippen molar-refractivity contribution in [2.75, 3.05) is 50.7 Å². The van der Waals surface area contributed by atoms with Crippen LogP contribution in [0.4, 0.5) is 17.6 Å². The van der Waals surface area contributed by atoms with Crippen LogP contribution >= 0.6 is 0 Å². The molecule has 0 aliphatic carbocycles. The third kappa shape index (κ3) is 5.37. The van der Waals surface area contributed by atoms with E-state index in [1.807, 2.05) is 11.8 Å². The normalized spacial score (nSPS) is 10.8. The van der Waals surface area contributed by atoms with Gasteiger partial charge in [-0.15, -0.1) is 0 Å². The summed E-state index contributed by atoms with van der Waals surface area (Å²) in [4.78, 5) is 15.6. The van der Waals surface area contributed by atoms with Gasteiger partial charge < -0.3 is 19.7 Å². The largest absolute Gasteiger partial charge is 0.383 e. The standard InChI is InChI=1S/C19H29N5O2/c1-13-11-14(2)17(15(3)12-13)22-18-20-16(4)21-19(23-18)24(7-9-25-5)8-10-26-6/h11-12H,7-10H2,1-6H3,(H,20,21,22,23). The van der Waals surface area contributed by atoms with Gasteiger partial charge in [0.25, 0.3) is 0 Å². The molecule has 0 fully saturated rings. The van der Waals surface area contributed by atoms with Crippen LogP contribution in [0.15, 0.2) is 12.1 Å². The van der Waals surface area contributed by atoms with Crippen LogP contribution in [0.25, 0.3) is 0 Å². The van der Waals surface area contributed by atoms with E-state index < -0.39 is 0 Å². The Kier molecular flexibility index (Phi) is 7.29. The fraction of sp³-hybridized carbons (Fsp3) is 0.526. The van der Waals surface area contributed by atoms with E-state index in [-0.39, 0.29) is 0 Å². The summed E-state index contributed by atoms with van der Waals surface area (Å²) in [5.41, 5.74) is 4.60. The van der Waals surface area contributed by atoms with E-state index in [2.05, 4.69) is 53.2 Å². The maximum absolute atomic E-state index is 5.20. The van der Waals surface area contributed by atoms with Crippen LogP contribution in [0.5, 0.6) is 0 Å². The summed E-state index contributed by atoms with van der Waals surface area (Å²) in [6.45, 7) is 10.7. The Hall–Kier alpha value is -2.25. The van der Waals surface area contributed by atoms with Crippen molar-refractivity contribution >= 4 is 17.6 Å². The van der Waals surface area contributed by atoms with Crippen molar-refractivity contribution < 1.29 is 9.47 Å². The van der Waals surface area contributed by atoms with Gasteiger partial charge in [0.15, 0.2) is 0 Å². The average molecular weight is 359 g/mol. The van der Waals surface area contributed by atoms with Crippen LogP contribution in [0, 0.1) is 27.7 Å². The molecule has 1 aromatic carbocycles. The molecule has 26 heavy (non-hydrogen) atoms. The number of nitrogens with zero attached hydrogens (tertiary/aromatic N) is 4. The van der Waals surface area contributed by atoms with Crippen LogP contribution < -0.4 is 10.2 Å². The zero-order valence-corrected chi connectivity index (χ0v) is 16.6. The molecule has 0 aliphatic heterocycles. The summed E-state index contributed by atoms with van der Waals surface area (Å²) < 4.78 is 10.4. The lowest BCUT2D eigenvalue weighted by atomic mass is 10.1. The molecule has 0 aliphatic rings. The molecule has 0 radical (unpaired) electrons. The average Bonchev–Trinajstić information content (AvgIpc) is 2.57. The van der Waals surface area contributed by atoms with E-state index >= 15 is 0 Å². The summed E-state index contributed by atoms with van der Waals surface area (Å²) in [7, 11) is 3.37. The highest BCUT2D eigenvalue weighted by atomic mass is 16.5. The number of benzene rings is 1. The minimum absolute atomic E-state index is 0.544. The predicted octanol–water partition coefficient (Wildman–Crippen LogP) is 2.95. The lowest BCUT2D eigenvalue weighted by Gasteiger charge is -2.22. The summed E-state index contributed by atoms with van der Waals surface area (Å²) in [5.74, 6) is 1.83. The quantitative estimate of drug-likeness (QED) is 0.738. The third-order valence-corrected chi connectivity index (χ3v) is 4.06. The molecule has 0 unspecified atom stereocenters. The molecular formula is C19H29N5O2. The zero-order chi connectivity index (χ0) is 19.1. The molecule has 7 heteroatoms. The highest BCUT2D eigenvalue weighted by Crippen LogP contribution is 2.25. The van der Waals surface area contributed by atoms with Gasteiger partial charge >= 0.3 is 0 Å². The smallest absolute Gasteiger partial charge is 0.232 e. The Bertz CT molecular complexity index is 705. The molecule has 142 valence electrons. The molecule has 0 saturated heterocycles. The highest BCUT2D eigenvalue weighted by Gasteiger charge is 2.14. The lowest BCUT2D eigenvalue weighted by molar-refractivity contribution is 0.189. The second-order valence-electron chi connectivity index (χ2n) is 6.38. The molecule has 0 saturated carbocycles. The van der Waals surface area contributed by atoms with Crippen molar-refractivity contribution in [1.82, 2.24) is 15.0 Å². The fourth-order valence-electron chi connectivity index (χ4n) is 2.87. The van der Waals surface area contributed by atoms with Gasteiger partial charge in [0.1, 0.15) is 5.82 Å². The van der Waals surface area contributed by atoms with Crippen LogP contribution in [-0.4, -0.2) is 55.5 Å². The van der Waals surface area contributed by atoms with Gasteiger partial charge in [0.05, 0.1) is 13.2 Å². The van der Waals surface area contributed by atoms with Crippen LogP contribution in [0.2, 0.25) is 0 Å². The summed E-state index contributed by atoms with van der Waals surface area (Å²) >= 11 is 0. The number of hydrogen-bond acceptors (Lipinski definition) is 7. The van der Waals surface area contributed by atoms with Crippen LogP contribution in [-0.2, 0) is 9.47 Å². The highest BCUT2D eigenvalue weighted by molar-refractivity contribution is 5.64.